The summed E-state index contributed by atoms with van der Waals surface area (Å²) in [6.07, 6.45) is 1.49. The third-order valence-corrected chi connectivity index (χ3v) is 7.89. The number of carbonyl (C=O) groups excluding carboxylic acids is 1. The summed E-state index contributed by atoms with van der Waals surface area (Å²) in [6.45, 7) is 5.12. The molecule has 8 nitrogen and oxygen atoms in total. The number of amides is 1. The number of aromatic nitrogens is 2. The van der Waals surface area contributed by atoms with E-state index in [2.05, 4.69) is 10.2 Å². The van der Waals surface area contributed by atoms with E-state index in [0.29, 0.717) is 48.6 Å². The number of nitrogens with zero attached hydrogens (tertiary/aromatic N) is 4. The van der Waals surface area contributed by atoms with Gasteiger partial charge in [0.2, 0.25) is 17.7 Å². The standard InChI is InChI=1S/C16H22N4O4S2/c1-3-13-4-7-16(25-13)26(22,23)20-10-8-19(9-11-20)15(21)6-5-14-18-17-12(2)24-14/h4,7H,3,5-6,8-11H2,1-2H3. The van der Waals surface area contributed by atoms with Crippen molar-refractivity contribution < 1.29 is 17.6 Å². The van der Waals surface area contributed by atoms with E-state index in [1.165, 1.54) is 15.6 Å². The molecule has 0 radical (unpaired) electrons. The van der Waals surface area contributed by atoms with Crippen molar-refractivity contribution in [2.45, 2.75) is 37.3 Å². The van der Waals surface area contributed by atoms with Gasteiger partial charge in [0, 0.05) is 50.8 Å². The van der Waals surface area contributed by atoms with Gasteiger partial charge in [0.1, 0.15) is 4.21 Å². The van der Waals surface area contributed by atoms with E-state index >= 15 is 0 Å². The molecule has 2 aromatic rings. The lowest BCUT2D eigenvalue weighted by Gasteiger charge is -2.33. The predicted octanol–water partition coefficient (Wildman–Crippen LogP) is 1.47. The molecule has 1 aliphatic rings. The number of carbonyl (C=O) groups is 1. The summed E-state index contributed by atoms with van der Waals surface area (Å²) in [5.41, 5.74) is 0. The molecule has 0 N–H and O–H groups in total. The van der Waals surface area contributed by atoms with Gasteiger partial charge in [0.15, 0.2) is 0 Å². The molecular formula is C16H22N4O4S2. The van der Waals surface area contributed by atoms with Crippen LogP contribution in [0.3, 0.4) is 0 Å². The van der Waals surface area contributed by atoms with Crippen molar-refractivity contribution in [1.29, 1.82) is 0 Å². The van der Waals surface area contributed by atoms with Crippen LogP contribution in [0.5, 0.6) is 0 Å². The summed E-state index contributed by atoms with van der Waals surface area (Å²) in [5.74, 6) is 0.898. The van der Waals surface area contributed by atoms with E-state index in [1.54, 1.807) is 17.9 Å². The van der Waals surface area contributed by atoms with Crippen LogP contribution in [0.1, 0.15) is 30.0 Å². The predicted molar refractivity (Wildman–Crippen MR) is 96.4 cm³/mol. The van der Waals surface area contributed by atoms with Gasteiger partial charge in [-0.25, -0.2) is 8.42 Å². The highest BCUT2D eigenvalue weighted by atomic mass is 32.2. The van der Waals surface area contributed by atoms with E-state index in [-0.39, 0.29) is 12.3 Å². The lowest BCUT2D eigenvalue weighted by molar-refractivity contribution is -0.132. The van der Waals surface area contributed by atoms with E-state index in [9.17, 15) is 13.2 Å². The number of piperazine rings is 1. The Labute approximate surface area is 156 Å². The Morgan fingerprint density at radius 1 is 1.23 bits per heavy atom. The smallest absolute Gasteiger partial charge is 0.252 e. The molecule has 2 aromatic heterocycles. The molecule has 0 spiro atoms. The summed E-state index contributed by atoms with van der Waals surface area (Å²) >= 11 is 1.31. The Morgan fingerprint density at radius 2 is 1.96 bits per heavy atom. The maximum Gasteiger partial charge on any atom is 0.252 e. The summed E-state index contributed by atoms with van der Waals surface area (Å²) in [5, 5.41) is 7.61. The second-order valence-corrected chi connectivity index (χ2v) is 9.41. The monoisotopic (exact) mass is 398 g/mol. The number of hydrogen-bond acceptors (Lipinski definition) is 7. The van der Waals surface area contributed by atoms with Crippen LogP contribution in [0, 0.1) is 6.92 Å². The normalized spacial score (nSPS) is 16.2. The Kier molecular flexibility index (Phi) is 5.73. The fraction of sp³-hybridized carbons (Fsp3) is 0.562. The highest BCUT2D eigenvalue weighted by Crippen LogP contribution is 2.26. The summed E-state index contributed by atoms with van der Waals surface area (Å²) < 4.78 is 32.5. The minimum atomic E-state index is -3.47. The maximum absolute atomic E-state index is 12.7. The zero-order valence-electron chi connectivity index (χ0n) is 14.8. The quantitative estimate of drug-likeness (QED) is 0.731. The topological polar surface area (TPSA) is 96.6 Å². The van der Waals surface area contributed by atoms with Gasteiger partial charge in [-0.15, -0.1) is 21.5 Å². The highest BCUT2D eigenvalue weighted by Gasteiger charge is 2.31. The van der Waals surface area contributed by atoms with Gasteiger partial charge in [-0.1, -0.05) is 6.92 Å². The molecule has 0 atom stereocenters. The van der Waals surface area contributed by atoms with Crippen molar-refractivity contribution in [2.24, 2.45) is 0 Å². The number of sulfonamides is 1. The fourth-order valence-electron chi connectivity index (χ4n) is 2.80. The molecule has 0 bridgehead atoms. The van der Waals surface area contributed by atoms with Gasteiger partial charge >= 0.3 is 0 Å². The molecule has 3 heterocycles. The second kappa shape index (κ2) is 7.85. The van der Waals surface area contributed by atoms with Gasteiger partial charge in [0.05, 0.1) is 0 Å². The van der Waals surface area contributed by atoms with Crippen molar-refractivity contribution in [3.63, 3.8) is 0 Å². The first-order valence-electron chi connectivity index (χ1n) is 8.55. The van der Waals surface area contributed by atoms with Crippen molar-refractivity contribution in [3.05, 3.63) is 28.8 Å². The molecule has 10 heteroatoms. The number of rotatable bonds is 6. The van der Waals surface area contributed by atoms with Gasteiger partial charge in [-0.3, -0.25) is 4.79 Å². The van der Waals surface area contributed by atoms with Gasteiger partial charge < -0.3 is 9.32 Å². The highest BCUT2D eigenvalue weighted by molar-refractivity contribution is 7.91. The van der Waals surface area contributed by atoms with Crippen LogP contribution >= 0.6 is 11.3 Å². The average molecular weight is 399 g/mol. The van der Waals surface area contributed by atoms with E-state index in [4.69, 9.17) is 4.42 Å². The fourth-order valence-corrected chi connectivity index (χ4v) is 5.67. The van der Waals surface area contributed by atoms with Crippen LogP contribution in [-0.4, -0.2) is 59.9 Å². The third-order valence-electron chi connectivity index (χ3n) is 4.29. The van der Waals surface area contributed by atoms with Crippen LogP contribution in [0.4, 0.5) is 0 Å². The lowest BCUT2D eigenvalue weighted by Crippen LogP contribution is -2.50. The SMILES string of the molecule is CCc1ccc(S(=O)(=O)N2CCN(C(=O)CCc3nnc(C)o3)CC2)s1. The number of hydrogen-bond donors (Lipinski definition) is 0. The Hall–Kier alpha value is -1.78. The lowest BCUT2D eigenvalue weighted by atomic mass is 10.2. The third kappa shape index (κ3) is 4.13. The van der Waals surface area contributed by atoms with E-state index in [1.807, 2.05) is 13.0 Å². The molecule has 1 amide bonds. The largest absolute Gasteiger partial charge is 0.426 e. The van der Waals surface area contributed by atoms with Gasteiger partial charge in [-0.05, 0) is 18.6 Å². The molecule has 142 valence electrons. The van der Waals surface area contributed by atoms with E-state index in [0.717, 1.165) is 11.3 Å². The zero-order chi connectivity index (χ0) is 18.7. The summed E-state index contributed by atoms with van der Waals surface area (Å²) in [7, 11) is -3.47. The molecule has 1 fully saturated rings. The number of thiophene rings is 1. The van der Waals surface area contributed by atoms with Crippen LogP contribution in [-0.2, 0) is 27.7 Å². The van der Waals surface area contributed by atoms with Gasteiger partial charge in [-0.2, -0.15) is 4.31 Å². The van der Waals surface area contributed by atoms with Crippen molar-refractivity contribution in [2.75, 3.05) is 26.2 Å². The Morgan fingerprint density at radius 3 is 2.54 bits per heavy atom. The van der Waals surface area contributed by atoms with Crippen LogP contribution in [0.2, 0.25) is 0 Å². The van der Waals surface area contributed by atoms with Gasteiger partial charge in [0.25, 0.3) is 10.0 Å². The molecule has 1 saturated heterocycles. The van der Waals surface area contributed by atoms with Crippen molar-refractivity contribution >= 4 is 27.3 Å². The average Bonchev–Trinajstić information content (AvgIpc) is 3.29. The molecule has 1 aliphatic heterocycles. The van der Waals surface area contributed by atoms with Crippen LogP contribution in [0.25, 0.3) is 0 Å². The molecular weight excluding hydrogens is 376 g/mol. The zero-order valence-corrected chi connectivity index (χ0v) is 16.5. The molecule has 26 heavy (non-hydrogen) atoms. The van der Waals surface area contributed by atoms with E-state index < -0.39 is 10.0 Å². The summed E-state index contributed by atoms with van der Waals surface area (Å²) in [4.78, 5) is 15.1. The Balaban J connectivity index is 1.54. The maximum atomic E-state index is 12.7. The first-order chi connectivity index (χ1) is 12.4. The van der Waals surface area contributed by atoms with Crippen molar-refractivity contribution in [3.8, 4) is 0 Å². The summed E-state index contributed by atoms with van der Waals surface area (Å²) in [6, 6.07) is 3.53. The number of aryl methyl sites for hydroxylation is 3. The molecule has 0 aliphatic carbocycles. The minimum Gasteiger partial charge on any atom is -0.426 e. The van der Waals surface area contributed by atoms with Crippen molar-refractivity contribution in [1.82, 2.24) is 19.4 Å². The minimum absolute atomic E-state index is 0.0257. The Bertz CT molecular complexity index is 866. The first kappa shape index (κ1) is 19.0. The van der Waals surface area contributed by atoms with Crippen LogP contribution in [0.15, 0.2) is 20.8 Å². The van der Waals surface area contributed by atoms with Crippen LogP contribution < -0.4 is 0 Å². The molecule has 0 saturated carbocycles. The molecule has 0 aromatic carbocycles. The molecule has 3 rings (SSSR count). The first-order valence-corrected chi connectivity index (χ1v) is 10.8. The molecule has 0 unspecified atom stereocenters. The second-order valence-electron chi connectivity index (χ2n) is 6.07.